The highest BCUT2D eigenvalue weighted by molar-refractivity contribution is 5.56. The van der Waals surface area contributed by atoms with E-state index >= 15 is 0 Å². The fourth-order valence-corrected chi connectivity index (χ4v) is 2.93. The van der Waals surface area contributed by atoms with Gasteiger partial charge in [-0.15, -0.1) is 0 Å². The molecule has 0 N–H and O–H groups in total. The monoisotopic (exact) mass is 277 g/mol. The van der Waals surface area contributed by atoms with Crippen molar-refractivity contribution in [2.75, 3.05) is 24.7 Å². The molecule has 0 aliphatic carbocycles. The Morgan fingerprint density at radius 1 is 1.20 bits per heavy atom. The van der Waals surface area contributed by atoms with Gasteiger partial charge in [0, 0.05) is 37.9 Å². The van der Waals surface area contributed by atoms with Crippen molar-refractivity contribution in [2.45, 2.75) is 52.4 Å². The lowest BCUT2D eigenvalue weighted by Gasteiger charge is -2.37. The van der Waals surface area contributed by atoms with E-state index in [0.717, 1.165) is 13.0 Å². The Morgan fingerprint density at radius 3 is 2.60 bits per heavy atom. The summed E-state index contributed by atoms with van der Waals surface area (Å²) in [5.41, 5.74) is 2.85. The molecule has 1 unspecified atom stereocenters. The molecule has 3 nitrogen and oxygen atoms in total. The first-order valence-corrected chi connectivity index (χ1v) is 7.84. The molecule has 1 aliphatic rings. The molecule has 0 amide bonds. The molecule has 0 saturated carbocycles. The van der Waals surface area contributed by atoms with E-state index in [0.29, 0.717) is 19.3 Å². The van der Waals surface area contributed by atoms with Gasteiger partial charge in [0.15, 0.2) is 6.29 Å². The SMILES string of the molecule is CCOC(CCN1c2ccccc2CCC1C)OCC. The standard InChI is InChI=1S/C17H27NO2/c1-4-19-17(20-5-2)12-13-18-14(3)10-11-15-8-6-7-9-16(15)18/h6-9,14,17H,4-5,10-13H2,1-3H3. The lowest BCUT2D eigenvalue weighted by molar-refractivity contribution is -0.138. The van der Waals surface area contributed by atoms with Crippen molar-refractivity contribution in [2.24, 2.45) is 0 Å². The minimum atomic E-state index is -0.0775. The van der Waals surface area contributed by atoms with Crippen molar-refractivity contribution < 1.29 is 9.47 Å². The molecule has 0 aromatic heterocycles. The van der Waals surface area contributed by atoms with Crippen LogP contribution in [0.1, 0.15) is 39.2 Å². The molecule has 1 aliphatic heterocycles. The Hall–Kier alpha value is -1.06. The summed E-state index contributed by atoms with van der Waals surface area (Å²) in [6.45, 7) is 8.75. The maximum Gasteiger partial charge on any atom is 0.159 e. The van der Waals surface area contributed by atoms with Crippen LogP contribution >= 0.6 is 0 Å². The molecule has 1 aromatic carbocycles. The van der Waals surface area contributed by atoms with Crippen molar-refractivity contribution >= 4 is 5.69 Å². The molecular weight excluding hydrogens is 250 g/mol. The van der Waals surface area contributed by atoms with Crippen LogP contribution in [0.4, 0.5) is 5.69 Å². The minimum Gasteiger partial charge on any atom is -0.368 e. The van der Waals surface area contributed by atoms with Crippen LogP contribution in [-0.4, -0.2) is 32.1 Å². The number of fused-ring (bicyclic) bond motifs is 1. The molecule has 112 valence electrons. The first-order valence-electron chi connectivity index (χ1n) is 7.84. The zero-order valence-electron chi connectivity index (χ0n) is 13.0. The van der Waals surface area contributed by atoms with Crippen LogP contribution in [0.5, 0.6) is 0 Å². The number of para-hydroxylation sites is 1. The van der Waals surface area contributed by atoms with Crippen molar-refractivity contribution in [3.05, 3.63) is 29.8 Å². The Balaban J connectivity index is 2.00. The van der Waals surface area contributed by atoms with Gasteiger partial charge in [0.05, 0.1) is 0 Å². The molecule has 0 saturated heterocycles. The smallest absolute Gasteiger partial charge is 0.159 e. The third-order valence-electron chi connectivity index (χ3n) is 3.98. The van der Waals surface area contributed by atoms with E-state index in [9.17, 15) is 0 Å². The van der Waals surface area contributed by atoms with Crippen LogP contribution in [0.2, 0.25) is 0 Å². The molecule has 1 heterocycles. The molecule has 3 heteroatoms. The highest BCUT2D eigenvalue weighted by Gasteiger charge is 2.23. The molecule has 0 radical (unpaired) electrons. The second-order valence-electron chi connectivity index (χ2n) is 5.34. The Kier molecular flexibility index (Phi) is 5.86. The summed E-state index contributed by atoms with van der Waals surface area (Å²) < 4.78 is 11.3. The second-order valence-corrected chi connectivity index (χ2v) is 5.34. The van der Waals surface area contributed by atoms with Gasteiger partial charge in [-0.3, -0.25) is 0 Å². The highest BCUT2D eigenvalue weighted by atomic mass is 16.7. The topological polar surface area (TPSA) is 21.7 Å². The zero-order chi connectivity index (χ0) is 14.4. The highest BCUT2D eigenvalue weighted by Crippen LogP contribution is 2.30. The van der Waals surface area contributed by atoms with E-state index in [1.807, 2.05) is 13.8 Å². The lowest BCUT2D eigenvalue weighted by Crippen LogP contribution is -2.39. The third kappa shape index (κ3) is 3.74. The predicted octanol–water partition coefficient (Wildman–Crippen LogP) is 3.62. The normalized spacial score (nSPS) is 18.4. The fraction of sp³-hybridized carbons (Fsp3) is 0.647. The number of hydrogen-bond donors (Lipinski definition) is 0. The molecule has 20 heavy (non-hydrogen) atoms. The third-order valence-corrected chi connectivity index (χ3v) is 3.98. The van der Waals surface area contributed by atoms with Crippen LogP contribution < -0.4 is 4.90 Å². The zero-order valence-corrected chi connectivity index (χ0v) is 13.0. The molecule has 1 atom stereocenters. The summed E-state index contributed by atoms with van der Waals surface area (Å²) in [7, 11) is 0. The van der Waals surface area contributed by atoms with E-state index in [1.165, 1.54) is 24.1 Å². The van der Waals surface area contributed by atoms with Gasteiger partial charge < -0.3 is 14.4 Å². The van der Waals surface area contributed by atoms with Gasteiger partial charge in [0.2, 0.25) is 0 Å². The number of anilines is 1. The number of hydrogen-bond acceptors (Lipinski definition) is 3. The molecule has 0 fully saturated rings. The van der Waals surface area contributed by atoms with E-state index < -0.39 is 0 Å². The molecule has 1 aromatic rings. The fourth-order valence-electron chi connectivity index (χ4n) is 2.93. The number of ether oxygens (including phenoxy) is 2. The van der Waals surface area contributed by atoms with Crippen molar-refractivity contribution in [1.29, 1.82) is 0 Å². The van der Waals surface area contributed by atoms with Gasteiger partial charge in [0.1, 0.15) is 0 Å². The van der Waals surface area contributed by atoms with Crippen LogP contribution in [0.15, 0.2) is 24.3 Å². The summed E-state index contributed by atoms with van der Waals surface area (Å²) in [6, 6.07) is 9.34. The summed E-state index contributed by atoms with van der Waals surface area (Å²) in [5, 5.41) is 0. The van der Waals surface area contributed by atoms with Crippen molar-refractivity contribution in [1.82, 2.24) is 0 Å². The maximum absolute atomic E-state index is 5.65. The van der Waals surface area contributed by atoms with E-state index in [1.54, 1.807) is 0 Å². The number of aryl methyl sites for hydroxylation is 1. The van der Waals surface area contributed by atoms with Crippen molar-refractivity contribution in [3.63, 3.8) is 0 Å². The number of nitrogens with zero attached hydrogens (tertiary/aromatic N) is 1. The summed E-state index contributed by atoms with van der Waals surface area (Å²) >= 11 is 0. The number of rotatable bonds is 7. The first kappa shape index (κ1) is 15.3. The van der Waals surface area contributed by atoms with Gasteiger partial charge in [0.25, 0.3) is 0 Å². The average Bonchev–Trinajstić information content (AvgIpc) is 2.46. The van der Waals surface area contributed by atoms with Crippen LogP contribution in [-0.2, 0) is 15.9 Å². The minimum absolute atomic E-state index is 0.0775. The van der Waals surface area contributed by atoms with Gasteiger partial charge in [-0.25, -0.2) is 0 Å². The van der Waals surface area contributed by atoms with Gasteiger partial charge in [-0.1, -0.05) is 18.2 Å². The largest absolute Gasteiger partial charge is 0.368 e. The van der Waals surface area contributed by atoms with Crippen molar-refractivity contribution in [3.8, 4) is 0 Å². The molecule has 0 bridgehead atoms. The first-order chi connectivity index (χ1) is 9.76. The van der Waals surface area contributed by atoms with E-state index in [-0.39, 0.29) is 6.29 Å². The Bertz CT molecular complexity index is 402. The van der Waals surface area contributed by atoms with E-state index in [4.69, 9.17) is 9.47 Å². The summed E-state index contributed by atoms with van der Waals surface area (Å²) in [6.07, 6.45) is 3.26. The number of benzene rings is 1. The molecular formula is C17H27NO2. The predicted molar refractivity (Wildman–Crippen MR) is 83.2 cm³/mol. The summed E-state index contributed by atoms with van der Waals surface area (Å²) in [4.78, 5) is 2.50. The summed E-state index contributed by atoms with van der Waals surface area (Å²) in [5.74, 6) is 0. The van der Waals surface area contributed by atoms with E-state index in [2.05, 4.69) is 36.1 Å². The maximum atomic E-state index is 5.65. The second kappa shape index (κ2) is 7.65. The molecule has 2 rings (SSSR count). The van der Waals surface area contributed by atoms with Gasteiger partial charge in [-0.05, 0) is 45.2 Å². The van der Waals surface area contributed by atoms with Gasteiger partial charge in [-0.2, -0.15) is 0 Å². The van der Waals surface area contributed by atoms with Crippen LogP contribution in [0, 0.1) is 0 Å². The quantitative estimate of drug-likeness (QED) is 0.711. The Morgan fingerprint density at radius 2 is 1.90 bits per heavy atom. The average molecular weight is 277 g/mol. The molecule has 0 spiro atoms. The van der Waals surface area contributed by atoms with Crippen LogP contribution in [0.25, 0.3) is 0 Å². The van der Waals surface area contributed by atoms with Gasteiger partial charge >= 0.3 is 0 Å². The Labute approximate surface area is 122 Å². The van der Waals surface area contributed by atoms with Crippen LogP contribution in [0.3, 0.4) is 0 Å². The lowest BCUT2D eigenvalue weighted by atomic mass is 9.96.